The Morgan fingerprint density at radius 3 is 1.50 bits per heavy atom. The smallest absolute Gasteiger partial charge is 0.184 e. The first-order chi connectivity index (χ1) is 30.8. The lowest BCUT2D eigenvalue weighted by molar-refractivity contribution is 1.21. The fraction of sp³-hybridized carbons (Fsp3) is 0. The van der Waals surface area contributed by atoms with Crippen LogP contribution in [0, 0.1) is 0 Å². The Hall–Kier alpha value is -7.58. The third-order valence-electron chi connectivity index (χ3n) is 13.0. The maximum atomic E-state index is 5.70. The zero-order chi connectivity index (χ0) is 41.0. The van der Waals surface area contributed by atoms with Crippen molar-refractivity contribution in [3.63, 3.8) is 0 Å². The van der Waals surface area contributed by atoms with Crippen LogP contribution in [-0.2, 0) is 0 Å². The van der Waals surface area contributed by atoms with Gasteiger partial charge in [-0.05, 0) is 79.0 Å². The molecule has 0 amide bonds. The summed E-state index contributed by atoms with van der Waals surface area (Å²) in [4.78, 5) is 10.6. The van der Waals surface area contributed by atoms with Crippen molar-refractivity contribution in [2.24, 2.45) is 0 Å². The Bertz CT molecular complexity index is 3140. The summed E-state index contributed by atoms with van der Waals surface area (Å²) in [5, 5.41) is 12.0. The summed E-state index contributed by atoms with van der Waals surface area (Å²) in [5.41, 5.74) is 7.96. The summed E-state index contributed by atoms with van der Waals surface area (Å²) >= 11 is 0. The third kappa shape index (κ3) is 5.59. The fourth-order valence-corrected chi connectivity index (χ4v) is 18.8. The number of benzene rings is 9. The van der Waals surface area contributed by atoms with Gasteiger partial charge in [-0.1, -0.05) is 205 Å². The lowest BCUT2D eigenvalue weighted by atomic mass is 10.0. The number of fused-ring (bicyclic) bond motifs is 5. The lowest BCUT2D eigenvalue weighted by Gasteiger charge is -2.45. The largest absolute Gasteiger partial charge is 0.311 e. The van der Waals surface area contributed by atoms with E-state index in [9.17, 15) is 0 Å². The number of aromatic nitrogens is 1. The van der Waals surface area contributed by atoms with Gasteiger partial charge in [0.25, 0.3) is 0 Å². The van der Waals surface area contributed by atoms with Crippen LogP contribution in [0.4, 0.5) is 34.3 Å². The summed E-state index contributed by atoms with van der Waals surface area (Å²) < 4.78 is 0. The molecule has 2 aliphatic rings. The van der Waals surface area contributed by atoms with Crippen molar-refractivity contribution in [3.05, 3.63) is 243 Å². The minimum Gasteiger partial charge on any atom is -0.311 e. The number of pyridine rings is 1. The van der Waals surface area contributed by atoms with Crippen LogP contribution in [0.3, 0.4) is 0 Å². The summed E-state index contributed by atoms with van der Waals surface area (Å²) in [6.45, 7) is 0. The van der Waals surface area contributed by atoms with E-state index in [1.54, 1.807) is 0 Å². The van der Waals surface area contributed by atoms with E-state index < -0.39 is 16.9 Å². The van der Waals surface area contributed by atoms with Gasteiger partial charge in [0.2, 0.25) is 0 Å². The minimum atomic E-state index is -2.73. The van der Waals surface area contributed by atoms with Crippen LogP contribution in [0.25, 0.3) is 22.0 Å². The first-order valence-corrected chi connectivity index (χ1v) is 25.2. The van der Waals surface area contributed by atoms with Crippen molar-refractivity contribution in [3.8, 4) is 11.3 Å². The van der Waals surface area contributed by atoms with Gasteiger partial charge in [0.1, 0.15) is 14.6 Å². The number of para-hydroxylation sites is 4. The highest BCUT2D eigenvalue weighted by Gasteiger charge is 2.48. The van der Waals surface area contributed by atoms with Crippen molar-refractivity contribution >= 4 is 98.2 Å². The number of hydrogen-bond donors (Lipinski definition) is 0. The monoisotopic (exact) mass is 823 g/mol. The van der Waals surface area contributed by atoms with Crippen LogP contribution in [0.1, 0.15) is 0 Å². The van der Waals surface area contributed by atoms with Crippen LogP contribution in [-0.4, -0.2) is 21.9 Å². The molecule has 0 bridgehead atoms. The maximum Gasteiger partial charge on any atom is 0.184 e. The molecule has 3 heterocycles. The molecule has 0 saturated carbocycles. The first kappa shape index (κ1) is 36.3. The van der Waals surface area contributed by atoms with Crippen LogP contribution in [0.15, 0.2) is 243 Å². The van der Waals surface area contributed by atoms with E-state index in [4.69, 9.17) is 4.98 Å². The maximum absolute atomic E-state index is 5.70. The number of nitrogens with zero attached hydrogens (tertiary/aromatic N) is 3. The SMILES string of the molecule is c1ccc([SiH]2c3ccccc3N(c3nc(-c4cccc(N5c6ccccc6[Si](c6ccccc6)(c6ccccc6)c6ccccc65)c4)cc4ccccc34)c3ccccc32)cc1. The molecule has 12 rings (SSSR count). The molecule has 0 radical (unpaired) electrons. The summed E-state index contributed by atoms with van der Waals surface area (Å²) in [6.07, 6.45) is 0. The first-order valence-electron chi connectivity index (χ1n) is 21.4. The van der Waals surface area contributed by atoms with Crippen LogP contribution >= 0.6 is 0 Å². The Labute approximate surface area is 365 Å². The fourth-order valence-electron chi connectivity index (χ4n) is 10.4. The average molecular weight is 824 g/mol. The standard InChI is InChI=1S/C57H41N3Si2/c1-4-24-44(25-5-1)61-53-35-16-12-31-49(53)60(50-32-13-17-36-54(50)61)57-47-30-11-10-21-41(47)40-48(58-57)42-22-20-23-43(39-42)59-51-33-14-18-37-55(51)62(45-26-6-2-7-27-45,46-28-8-3-9-29-46)56-38-19-15-34-52(56)59/h1-40,61H. The van der Waals surface area contributed by atoms with Gasteiger partial charge in [-0.2, -0.15) is 0 Å². The van der Waals surface area contributed by atoms with Crippen molar-refractivity contribution in [2.45, 2.75) is 0 Å². The second-order valence-corrected chi connectivity index (χ2v) is 22.8. The predicted molar refractivity (Wildman–Crippen MR) is 266 cm³/mol. The second kappa shape index (κ2) is 14.9. The molecule has 0 saturated heterocycles. The van der Waals surface area contributed by atoms with Crippen molar-refractivity contribution in [1.29, 1.82) is 0 Å². The molecule has 0 unspecified atom stereocenters. The third-order valence-corrected chi connectivity index (χ3v) is 21.1. The van der Waals surface area contributed by atoms with Gasteiger partial charge in [0, 0.05) is 39.4 Å². The zero-order valence-electron chi connectivity index (χ0n) is 34.0. The van der Waals surface area contributed by atoms with Crippen molar-refractivity contribution in [2.75, 3.05) is 9.80 Å². The molecule has 3 nitrogen and oxygen atoms in total. The van der Waals surface area contributed by atoms with E-state index in [1.807, 2.05) is 0 Å². The second-order valence-electron chi connectivity index (χ2n) is 16.3. The Morgan fingerprint density at radius 1 is 0.387 bits per heavy atom. The molecule has 1 aromatic heterocycles. The summed E-state index contributed by atoms with van der Waals surface area (Å²) in [5.74, 6) is 0.944. The minimum absolute atomic E-state index is 0.939. The van der Waals surface area contributed by atoms with Crippen LogP contribution in [0.2, 0.25) is 0 Å². The highest BCUT2D eigenvalue weighted by atomic mass is 28.3. The van der Waals surface area contributed by atoms with Gasteiger partial charge in [-0.15, -0.1) is 0 Å². The molecule has 2 aliphatic heterocycles. The predicted octanol–water partition coefficient (Wildman–Crippen LogP) is 9.09. The summed E-state index contributed by atoms with van der Waals surface area (Å²) in [7, 11) is -4.50. The molecule has 292 valence electrons. The molecule has 5 heteroatoms. The molecule has 0 aliphatic carbocycles. The number of hydrogen-bond acceptors (Lipinski definition) is 3. The molecule has 10 aromatic rings. The Balaban J connectivity index is 1.05. The topological polar surface area (TPSA) is 19.4 Å². The van der Waals surface area contributed by atoms with E-state index >= 15 is 0 Å². The van der Waals surface area contributed by atoms with Gasteiger partial charge >= 0.3 is 0 Å². The zero-order valence-corrected chi connectivity index (χ0v) is 36.2. The van der Waals surface area contributed by atoms with Crippen molar-refractivity contribution < 1.29 is 0 Å². The van der Waals surface area contributed by atoms with Gasteiger partial charge in [0.05, 0.1) is 5.69 Å². The van der Waals surface area contributed by atoms with Crippen LogP contribution in [0.5, 0.6) is 0 Å². The van der Waals surface area contributed by atoms with E-state index in [-0.39, 0.29) is 0 Å². The summed E-state index contributed by atoms with van der Waals surface area (Å²) in [6, 6.07) is 89.7. The molecule has 0 atom stereocenters. The molecular formula is C57H41N3Si2. The van der Waals surface area contributed by atoms with Gasteiger partial charge in [-0.3, -0.25) is 4.90 Å². The van der Waals surface area contributed by atoms with E-state index in [0.717, 1.165) is 33.5 Å². The van der Waals surface area contributed by atoms with Crippen LogP contribution < -0.4 is 46.1 Å². The normalized spacial score (nSPS) is 13.8. The Kier molecular flexibility index (Phi) is 8.69. The molecule has 0 N–H and O–H groups in total. The van der Waals surface area contributed by atoms with Gasteiger partial charge < -0.3 is 4.90 Å². The van der Waals surface area contributed by atoms with E-state index in [1.165, 1.54) is 59.1 Å². The van der Waals surface area contributed by atoms with E-state index in [0.29, 0.717) is 0 Å². The Morgan fingerprint density at radius 2 is 0.887 bits per heavy atom. The number of anilines is 6. The lowest BCUT2D eigenvalue weighted by Crippen LogP contribution is -2.77. The molecule has 0 fully saturated rings. The molecule has 9 aromatic carbocycles. The molecular weight excluding hydrogens is 783 g/mol. The average Bonchev–Trinajstić information content (AvgIpc) is 3.35. The highest BCUT2D eigenvalue weighted by Crippen LogP contribution is 2.42. The quantitative estimate of drug-likeness (QED) is 0.156. The van der Waals surface area contributed by atoms with Gasteiger partial charge in [0.15, 0.2) is 8.07 Å². The molecule has 0 spiro atoms. The van der Waals surface area contributed by atoms with E-state index in [2.05, 4.69) is 252 Å². The molecule has 62 heavy (non-hydrogen) atoms. The van der Waals surface area contributed by atoms with Gasteiger partial charge in [-0.25, -0.2) is 4.98 Å². The number of rotatable bonds is 6. The highest BCUT2D eigenvalue weighted by molar-refractivity contribution is 7.21. The van der Waals surface area contributed by atoms with Crippen molar-refractivity contribution in [1.82, 2.24) is 4.98 Å².